The van der Waals surface area contributed by atoms with Gasteiger partial charge in [0.15, 0.2) is 5.65 Å². The molecule has 0 saturated carbocycles. The van der Waals surface area contributed by atoms with Crippen LogP contribution in [-0.4, -0.2) is 32.8 Å². The van der Waals surface area contributed by atoms with E-state index >= 15 is 0 Å². The summed E-state index contributed by atoms with van der Waals surface area (Å²) in [5.74, 6) is 1.24. The molecular formula is C18H20FN5. The Morgan fingerprint density at radius 1 is 1.21 bits per heavy atom. The predicted octanol–water partition coefficient (Wildman–Crippen LogP) is 3.50. The lowest BCUT2D eigenvalue weighted by molar-refractivity contribution is 0.445. The molecule has 1 atom stereocenters. The lowest BCUT2D eigenvalue weighted by atomic mass is 10.00. The van der Waals surface area contributed by atoms with Crippen LogP contribution in [0.4, 0.5) is 10.2 Å². The Kier molecular flexibility index (Phi) is 3.67. The Morgan fingerprint density at radius 3 is 2.83 bits per heavy atom. The van der Waals surface area contributed by atoms with Crippen LogP contribution in [0, 0.1) is 18.7 Å². The number of rotatable bonds is 2. The van der Waals surface area contributed by atoms with Crippen molar-refractivity contribution >= 4 is 16.9 Å². The van der Waals surface area contributed by atoms with Crippen molar-refractivity contribution in [3.63, 3.8) is 0 Å². The quantitative estimate of drug-likeness (QED) is 0.723. The third-order valence-corrected chi connectivity index (χ3v) is 4.66. The minimum atomic E-state index is -0.311. The molecule has 1 aromatic carbocycles. The molecule has 3 heterocycles. The molecule has 1 aliphatic heterocycles. The molecule has 6 heteroatoms. The number of aryl methyl sites for hydroxylation is 1. The van der Waals surface area contributed by atoms with Crippen LogP contribution < -0.4 is 4.90 Å². The van der Waals surface area contributed by atoms with Gasteiger partial charge in [-0.25, -0.2) is 19.0 Å². The lowest BCUT2D eigenvalue weighted by Gasteiger charge is -2.32. The van der Waals surface area contributed by atoms with Gasteiger partial charge in [-0.2, -0.15) is 5.10 Å². The molecule has 1 aliphatic rings. The number of benzene rings is 1. The van der Waals surface area contributed by atoms with E-state index in [9.17, 15) is 4.39 Å². The normalized spacial score (nSPS) is 18.3. The summed E-state index contributed by atoms with van der Waals surface area (Å²) in [6.45, 7) is 6.16. The fourth-order valence-electron chi connectivity index (χ4n) is 3.51. The summed E-state index contributed by atoms with van der Waals surface area (Å²) in [5.41, 5.74) is 1.88. The second kappa shape index (κ2) is 5.85. The highest BCUT2D eigenvalue weighted by Gasteiger charge is 2.23. The first-order valence-electron chi connectivity index (χ1n) is 8.35. The van der Waals surface area contributed by atoms with Crippen molar-refractivity contribution < 1.29 is 4.39 Å². The van der Waals surface area contributed by atoms with Gasteiger partial charge in [0.05, 0.1) is 11.1 Å². The summed E-state index contributed by atoms with van der Waals surface area (Å²) in [4.78, 5) is 11.2. The van der Waals surface area contributed by atoms with Gasteiger partial charge in [0, 0.05) is 13.1 Å². The number of fused-ring (bicyclic) bond motifs is 1. The van der Waals surface area contributed by atoms with Crippen molar-refractivity contribution in [3.05, 3.63) is 42.1 Å². The molecule has 2 aromatic heterocycles. The molecule has 0 radical (unpaired) electrons. The van der Waals surface area contributed by atoms with E-state index in [2.05, 4.69) is 26.9 Å². The van der Waals surface area contributed by atoms with Crippen LogP contribution in [0.2, 0.25) is 0 Å². The predicted molar refractivity (Wildman–Crippen MR) is 92.0 cm³/mol. The monoisotopic (exact) mass is 325 g/mol. The van der Waals surface area contributed by atoms with Gasteiger partial charge in [-0.05, 0) is 37.8 Å². The molecule has 5 nitrogen and oxygen atoms in total. The minimum Gasteiger partial charge on any atom is -0.356 e. The summed E-state index contributed by atoms with van der Waals surface area (Å²) in [6.07, 6.45) is 3.96. The highest BCUT2D eigenvalue weighted by molar-refractivity contribution is 5.90. The molecule has 3 aromatic rings. The Bertz CT molecular complexity index is 888. The molecule has 1 saturated heterocycles. The largest absolute Gasteiger partial charge is 0.356 e. The van der Waals surface area contributed by atoms with E-state index in [1.165, 1.54) is 12.5 Å². The first kappa shape index (κ1) is 15.1. The number of para-hydroxylation sites is 1. The molecule has 1 unspecified atom stereocenters. The zero-order valence-electron chi connectivity index (χ0n) is 13.9. The summed E-state index contributed by atoms with van der Waals surface area (Å²) in [7, 11) is 0. The minimum absolute atomic E-state index is 0.311. The van der Waals surface area contributed by atoms with Crippen molar-refractivity contribution in [1.29, 1.82) is 0 Å². The van der Waals surface area contributed by atoms with E-state index in [0.717, 1.165) is 36.4 Å². The maximum absolute atomic E-state index is 14.2. The van der Waals surface area contributed by atoms with Crippen LogP contribution in [0.1, 0.15) is 25.5 Å². The Hall–Kier alpha value is -2.50. The molecule has 0 aliphatic carbocycles. The lowest BCUT2D eigenvalue weighted by Crippen LogP contribution is -2.35. The number of anilines is 1. The standard InChI is InChI=1S/C18H20FN5/c1-12-6-5-9-23(10-12)17-16-13(2)22-24(18(16)21-11-20-17)15-8-4-3-7-14(15)19/h3-4,7-8,11-12H,5-6,9-10H2,1-2H3. The summed E-state index contributed by atoms with van der Waals surface area (Å²) in [6, 6.07) is 6.63. The molecule has 0 spiro atoms. The van der Waals surface area contributed by atoms with Gasteiger partial charge in [-0.3, -0.25) is 0 Å². The average molecular weight is 325 g/mol. The van der Waals surface area contributed by atoms with Crippen molar-refractivity contribution in [2.24, 2.45) is 5.92 Å². The first-order valence-corrected chi connectivity index (χ1v) is 8.35. The second-order valence-corrected chi connectivity index (χ2v) is 6.54. The van der Waals surface area contributed by atoms with Crippen molar-refractivity contribution in [2.75, 3.05) is 18.0 Å². The number of hydrogen-bond acceptors (Lipinski definition) is 4. The summed E-state index contributed by atoms with van der Waals surface area (Å²) < 4.78 is 15.8. The van der Waals surface area contributed by atoms with Gasteiger partial charge in [0.1, 0.15) is 23.6 Å². The van der Waals surface area contributed by atoms with Crippen LogP contribution in [0.5, 0.6) is 0 Å². The molecule has 24 heavy (non-hydrogen) atoms. The van der Waals surface area contributed by atoms with Crippen LogP contribution >= 0.6 is 0 Å². The molecule has 4 rings (SSSR count). The fourth-order valence-corrected chi connectivity index (χ4v) is 3.51. The Labute approximate surface area is 140 Å². The maximum Gasteiger partial charge on any atom is 0.168 e. The Balaban J connectivity index is 1.89. The number of nitrogens with zero attached hydrogens (tertiary/aromatic N) is 5. The molecule has 1 fully saturated rings. The van der Waals surface area contributed by atoms with Crippen LogP contribution in [-0.2, 0) is 0 Å². The van der Waals surface area contributed by atoms with Gasteiger partial charge in [0.25, 0.3) is 0 Å². The van der Waals surface area contributed by atoms with E-state index in [1.54, 1.807) is 29.2 Å². The molecule has 0 bridgehead atoms. The van der Waals surface area contributed by atoms with E-state index in [4.69, 9.17) is 0 Å². The molecular weight excluding hydrogens is 305 g/mol. The highest BCUT2D eigenvalue weighted by Crippen LogP contribution is 2.31. The Morgan fingerprint density at radius 2 is 2.04 bits per heavy atom. The second-order valence-electron chi connectivity index (χ2n) is 6.54. The van der Waals surface area contributed by atoms with E-state index < -0.39 is 0 Å². The van der Waals surface area contributed by atoms with Crippen molar-refractivity contribution in [3.8, 4) is 5.69 Å². The topological polar surface area (TPSA) is 46.8 Å². The smallest absolute Gasteiger partial charge is 0.168 e. The van der Waals surface area contributed by atoms with Crippen molar-refractivity contribution in [1.82, 2.24) is 19.7 Å². The van der Waals surface area contributed by atoms with Gasteiger partial charge in [-0.15, -0.1) is 0 Å². The number of halogens is 1. The van der Waals surface area contributed by atoms with E-state index in [1.807, 2.05) is 6.92 Å². The highest BCUT2D eigenvalue weighted by atomic mass is 19.1. The van der Waals surface area contributed by atoms with Crippen LogP contribution in [0.25, 0.3) is 16.7 Å². The number of aromatic nitrogens is 4. The third-order valence-electron chi connectivity index (χ3n) is 4.66. The van der Waals surface area contributed by atoms with Crippen LogP contribution in [0.3, 0.4) is 0 Å². The molecule has 0 N–H and O–H groups in total. The first-order chi connectivity index (χ1) is 11.6. The van der Waals surface area contributed by atoms with E-state index in [0.29, 0.717) is 17.3 Å². The van der Waals surface area contributed by atoms with Gasteiger partial charge in [-0.1, -0.05) is 19.1 Å². The summed E-state index contributed by atoms with van der Waals surface area (Å²) >= 11 is 0. The average Bonchev–Trinajstić information content (AvgIpc) is 2.92. The van der Waals surface area contributed by atoms with E-state index in [-0.39, 0.29) is 5.82 Å². The maximum atomic E-state index is 14.2. The van der Waals surface area contributed by atoms with Crippen molar-refractivity contribution in [2.45, 2.75) is 26.7 Å². The zero-order chi connectivity index (χ0) is 16.7. The number of hydrogen-bond donors (Lipinski definition) is 0. The van der Waals surface area contributed by atoms with Gasteiger partial charge < -0.3 is 4.90 Å². The zero-order valence-corrected chi connectivity index (χ0v) is 13.9. The third kappa shape index (κ3) is 2.42. The summed E-state index contributed by atoms with van der Waals surface area (Å²) in [5, 5.41) is 5.45. The molecule has 0 amide bonds. The number of piperidine rings is 1. The molecule has 124 valence electrons. The fraction of sp³-hybridized carbons (Fsp3) is 0.389. The SMILES string of the molecule is Cc1nn(-c2ccccc2F)c2ncnc(N3CCCC(C)C3)c12. The van der Waals surface area contributed by atoms with Gasteiger partial charge in [0.2, 0.25) is 0 Å². The van der Waals surface area contributed by atoms with Gasteiger partial charge >= 0.3 is 0 Å². The van der Waals surface area contributed by atoms with Crippen LogP contribution in [0.15, 0.2) is 30.6 Å².